The van der Waals surface area contributed by atoms with Gasteiger partial charge in [-0.05, 0) is 62.1 Å². The van der Waals surface area contributed by atoms with Gasteiger partial charge in [-0.2, -0.15) is 5.10 Å². The number of hydrogen-bond acceptors (Lipinski definition) is 7. The van der Waals surface area contributed by atoms with Crippen molar-refractivity contribution < 1.29 is 9.53 Å². The lowest BCUT2D eigenvalue weighted by atomic mass is 10.0. The van der Waals surface area contributed by atoms with Crippen molar-refractivity contribution in [1.29, 1.82) is 0 Å². The highest BCUT2D eigenvalue weighted by atomic mass is 16.5. The zero-order valence-electron chi connectivity index (χ0n) is 21.5. The van der Waals surface area contributed by atoms with Crippen LogP contribution in [0.25, 0.3) is 22.0 Å². The minimum atomic E-state index is -0.316. The number of pyridine rings is 2. The Morgan fingerprint density at radius 1 is 0.895 bits per heavy atom. The van der Waals surface area contributed by atoms with Gasteiger partial charge in [0.25, 0.3) is 5.91 Å². The lowest BCUT2D eigenvalue weighted by molar-refractivity contribution is 0.102. The molecule has 1 amide bonds. The number of benzene rings is 2. The first-order valence-corrected chi connectivity index (χ1v) is 12.3. The van der Waals surface area contributed by atoms with Crippen molar-refractivity contribution >= 4 is 28.3 Å². The number of carbonyl (C=O) groups excluding carboxylic acids is 1. The molecule has 0 fully saturated rings. The summed E-state index contributed by atoms with van der Waals surface area (Å²) in [6.45, 7) is 1.77. The number of carbonyl (C=O) groups is 1. The van der Waals surface area contributed by atoms with Gasteiger partial charge in [0.05, 0.1) is 23.6 Å². The van der Waals surface area contributed by atoms with Gasteiger partial charge in [-0.1, -0.05) is 24.3 Å². The molecule has 5 aromatic rings. The number of likely N-dealkylation sites (N-methyl/N-ethyl adjacent to an activating group) is 2. The zero-order chi connectivity index (χ0) is 26.5. The molecule has 0 bridgehead atoms. The number of hydrogen-bond donors (Lipinski definition) is 2. The second kappa shape index (κ2) is 11.1. The molecule has 3 aromatic heterocycles. The summed E-state index contributed by atoms with van der Waals surface area (Å²) in [6, 6.07) is 21.0. The molecule has 0 atom stereocenters. The van der Waals surface area contributed by atoms with Crippen molar-refractivity contribution in [3.05, 3.63) is 91.0 Å². The molecule has 2 aromatic carbocycles. The Morgan fingerprint density at radius 2 is 1.74 bits per heavy atom. The van der Waals surface area contributed by atoms with Crippen molar-refractivity contribution in [2.24, 2.45) is 0 Å². The van der Waals surface area contributed by atoms with E-state index in [1.807, 2.05) is 87.9 Å². The molecule has 9 heteroatoms. The fraction of sp³-hybridized carbons (Fsp3) is 0.172. The number of anilines is 2. The third-order valence-corrected chi connectivity index (χ3v) is 6.08. The number of H-pyrrole nitrogens is 1. The molecule has 0 saturated heterocycles. The van der Waals surface area contributed by atoms with Crippen molar-refractivity contribution in [2.75, 3.05) is 44.4 Å². The van der Waals surface area contributed by atoms with E-state index in [1.165, 1.54) is 0 Å². The van der Waals surface area contributed by atoms with Crippen molar-refractivity contribution in [2.45, 2.75) is 0 Å². The minimum absolute atomic E-state index is 0.304. The molecule has 0 aliphatic heterocycles. The quantitative estimate of drug-likeness (QED) is 0.288. The van der Waals surface area contributed by atoms with Crippen molar-refractivity contribution in [3.8, 4) is 22.6 Å². The molecular weight excluding hydrogens is 478 g/mol. The lowest BCUT2D eigenvalue weighted by Crippen LogP contribution is -2.28. The van der Waals surface area contributed by atoms with Gasteiger partial charge >= 0.3 is 0 Å². The predicted molar refractivity (Wildman–Crippen MR) is 150 cm³/mol. The molecular formula is C29H29N7O2. The summed E-state index contributed by atoms with van der Waals surface area (Å²) < 4.78 is 5.93. The van der Waals surface area contributed by atoms with Crippen LogP contribution in [-0.4, -0.2) is 65.2 Å². The molecule has 2 N–H and O–H groups in total. The van der Waals surface area contributed by atoms with Crippen molar-refractivity contribution in [3.63, 3.8) is 0 Å². The summed E-state index contributed by atoms with van der Waals surface area (Å²) in [5.41, 5.74) is 3.43. The second-order valence-corrected chi connectivity index (χ2v) is 9.24. The largest absolute Gasteiger partial charge is 0.456 e. The van der Waals surface area contributed by atoms with E-state index >= 15 is 0 Å². The Balaban J connectivity index is 1.33. The molecule has 0 aliphatic carbocycles. The maximum Gasteiger partial charge on any atom is 0.276 e. The Kier molecular flexibility index (Phi) is 7.28. The van der Waals surface area contributed by atoms with Crippen LogP contribution in [-0.2, 0) is 0 Å². The Bertz CT molecular complexity index is 1530. The molecule has 0 spiro atoms. The Labute approximate surface area is 221 Å². The molecule has 5 rings (SSSR count). The smallest absolute Gasteiger partial charge is 0.276 e. The Morgan fingerprint density at radius 3 is 2.50 bits per heavy atom. The summed E-state index contributed by atoms with van der Waals surface area (Å²) in [6.07, 6.45) is 5.09. The van der Waals surface area contributed by atoms with E-state index in [0.717, 1.165) is 41.3 Å². The summed E-state index contributed by atoms with van der Waals surface area (Å²) in [5.74, 6) is 1.88. The fourth-order valence-electron chi connectivity index (χ4n) is 3.96. The topological polar surface area (TPSA) is 99.3 Å². The maximum atomic E-state index is 13.1. The average molecular weight is 508 g/mol. The minimum Gasteiger partial charge on any atom is -0.456 e. The van der Waals surface area contributed by atoms with Crippen LogP contribution >= 0.6 is 0 Å². The SMILES string of the molecule is CN(C)CCN(C)c1ccc(NC(=O)c2n[nH]c3ccc(-c4cncc(Oc5ccccc5)c4)cc23)cn1. The van der Waals surface area contributed by atoms with E-state index in [2.05, 4.69) is 35.3 Å². The van der Waals surface area contributed by atoms with Gasteiger partial charge in [-0.3, -0.25) is 14.9 Å². The average Bonchev–Trinajstić information content (AvgIpc) is 3.36. The summed E-state index contributed by atoms with van der Waals surface area (Å²) >= 11 is 0. The second-order valence-electron chi connectivity index (χ2n) is 9.24. The molecule has 3 heterocycles. The normalized spacial score (nSPS) is 11.1. The number of amides is 1. The molecule has 0 saturated carbocycles. The number of para-hydroxylation sites is 1. The summed E-state index contributed by atoms with van der Waals surface area (Å²) in [7, 11) is 6.07. The van der Waals surface area contributed by atoms with Crippen LogP contribution in [0, 0.1) is 0 Å². The van der Waals surface area contributed by atoms with Crippen LogP contribution in [0.5, 0.6) is 11.5 Å². The molecule has 0 radical (unpaired) electrons. The monoisotopic (exact) mass is 507 g/mol. The number of nitrogens with zero attached hydrogens (tertiary/aromatic N) is 5. The van der Waals surface area contributed by atoms with Gasteiger partial charge in [0.2, 0.25) is 0 Å². The third kappa shape index (κ3) is 5.79. The van der Waals surface area contributed by atoms with Crippen LogP contribution in [0.4, 0.5) is 11.5 Å². The standard InChI is InChI=1S/C29H29N7O2/c1-35(2)13-14-36(3)27-12-10-22(18-31-27)32-29(37)28-25-16-20(9-11-26(25)33-34-28)21-15-24(19-30-17-21)38-23-7-5-4-6-8-23/h4-12,15-19H,13-14H2,1-3H3,(H,32,37)(H,33,34). The van der Waals surface area contributed by atoms with Crippen LogP contribution < -0.4 is 15.0 Å². The Hall–Kier alpha value is -4.76. The lowest BCUT2D eigenvalue weighted by Gasteiger charge is -2.20. The fourth-order valence-corrected chi connectivity index (χ4v) is 3.96. The molecule has 0 aliphatic rings. The number of nitrogens with one attached hydrogen (secondary N) is 2. The van der Waals surface area contributed by atoms with Crippen LogP contribution in [0.3, 0.4) is 0 Å². The van der Waals surface area contributed by atoms with Gasteiger partial charge < -0.3 is 19.9 Å². The first kappa shape index (κ1) is 24.9. The number of aromatic nitrogens is 4. The highest BCUT2D eigenvalue weighted by Gasteiger charge is 2.16. The first-order chi connectivity index (χ1) is 18.5. The number of rotatable bonds is 9. The number of aromatic amines is 1. The number of fused-ring (bicyclic) bond motifs is 1. The van der Waals surface area contributed by atoms with Gasteiger partial charge in [0.1, 0.15) is 17.3 Å². The zero-order valence-corrected chi connectivity index (χ0v) is 21.5. The van der Waals surface area contributed by atoms with E-state index in [-0.39, 0.29) is 5.91 Å². The molecule has 192 valence electrons. The van der Waals surface area contributed by atoms with Crippen molar-refractivity contribution in [1.82, 2.24) is 25.1 Å². The third-order valence-electron chi connectivity index (χ3n) is 6.08. The molecule has 0 unspecified atom stereocenters. The molecule has 9 nitrogen and oxygen atoms in total. The van der Waals surface area contributed by atoms with E-state index in [1.54, 1.807) is 18.6 Å². The van der Waals surface area contributed by atoms with Gasteiger partial charge in [-0.25, -0.2) is 4.98 Å². The summed E-state index contributed by atoms with van der Waals surface area (Å²) in [5, 5.41) is 10.8. The van der Waals surface area contributed by atoms with E-state index in [9.17, 15) is 4.79 Å². The number of ether oxygens (including phenoxy) is 1. The summed E-state index contributed by atoms with van der Waals surface area (Å²) in [4.78, 5) is 26.1. The van der Waals surface area contributed by atoms with Gasteiger partial charge in [0.15, 0.2) is 5.69 Å². The first-order valence-electron chi connectivity index (χ1n) is 12.3. The van der Waals surface area contributed by atoms with Crippen LogP contribution in [0.1, 0.15) is 10.5 Å². The van der Waals surface area contributed by atoms with Crippen LogP contribution in [0.15, 0.2) is 85.3 Å². The van der Waals surface area contributed by atoms with E-state index < -0.39 is 0 Å². The maximum absolute atomic E-state index is 13.1. The van der Waals surface area contributed by atoms with Gasteiger partial charge in [0, 0.05) is 37.3 Å². The van der Waals surface area contributed by atoms with Crippen LogP contribution in [0.2, 0.25) is 0 Å². The van der Waals surface area contributed by atoms with Gasteiger partial charge in [-0.15, -0.1) is 0 Å². The molecule has 38 heavy (non-hydrogen) atoms. The highest BCUT2D eigenvalue weighted by molar-refractivity contribution is 6.11. The van der Waals surface area contributed by atoms with E-state index in [4.69, 9.17) is 4.74 Å². The van der Waals surface area contributed by atoms with E-state index in [0.29, 0.717) is 22.5 Å². The predicted octanol–water partition coefficient (Wildman–Crippen LogP) is 5.06. The highest BCUT2D eigenvalue weighted by Crippen LogP contribution is 2.29.